The number of hydrogen-bond acceptors (Lipinski definition) is 6. The molecule has 0 unspecified atom stereocenters. The first-order valence-corrected chi connectivity index (χ1v) is 10.5. The van der Waals surface area contributed by atoms with Crippen LogP contribution >= 0.6 is 11.6 Å². The van der Waals surface area contributed by atoms with Gasteiger partial charge < -0.3 is 9.64 Å². The summed E-state index contributed by atoms with van der Waals surface area (Å²) in [6, 6.07) is 8.32. The van der Waals surface area contributed by atoms with Crippen molar-refractivity contribution in [3.8, 4) is 5.75 Å². The molecule has 0 spiro atoms. The molecule has 2 heterocycles. The molecule has 2 fully saturated rings. The monoisotopic (exact) mass is 415 g/mol. The minimum absolute atomic E-state index is 0.0453. The van der Waals surface area contributed by atoms with Gasteiger partial charge >= 0.3 is 0 Å². The summed E-state index contributed by atoms with van der Waals surface area (Å²) in [5.41, 5.74) is 7.68. The summed E-state index contributed by atoms with van der Waals surface area (Å²) in [5, 5.41) is 8.58. The number of carbonyl (C=O) groups is 1. The van der Waals surface area contributed by atoms with E-state index in [2.05, 4.69) is 38.1 Å². The minimum Gasteiger partial charge on any atom is -0.497 e. The van der Waals surface area contributed by atoms with Gasteiger partial charge in [0.1, 0.15) is 10.8 Å². The van der Waals surface area contributed by atoms with E-state index in [0.29, 0.717) is 29.1 Å². The highest BCUT2D eigenvalue weighted by Crippen LogP contribution is 2.36. The van der Waals surface area contributed by atoms with E-state index in [1.54, 1.807) is 13.3 Å². The molecule has 2 N–H and O–H groups in total. The average Bonchev–Trinajstić information content (AvgIpc) is 3.57. The lowest BCUT2D eigenvalue weighted by atomic mass is 9.89. The molecule has 1 saturated heterocycles. The number of hydrogen-bond donors (Lipinski definition) is 2. The predicted molar refractivity (Wildman–Crippen MR) is 113 cm³/mol. The molecule has 1 aromatic carbocycles. The van der Waals surface area contributed by atoms with Crippen molar-refractivity contribution in [1.82, 2.24) is 15.6 Å². The number of benzene rings is 1. The number of methoxy groups -OCH3 is 1. The smallest absolute Gasteiger partial charge is 0.238 e. The molecule has 0 bridgehead atoms. The maximum Gasteiger partial charge on any atom is 0.238 e. The van der Waals surface area contributed by atoms with Crippen molar-refractivity contribution < 1.29 is 9.53 Å². The molecular formula is C21H26ClN5O2. The van der Waals surface area contributed by atoms with Crippen molar-refractivity contribution in [3.63, 3.8) is 0 Å². The fourth-order valence-corrected chi connectivity index (χ4v) is 4.01. The van der Waals surface area contributed by atoms with Crippen LogP contribution in [0.25, 0.3) is 0 Å². The van der Waals surface area contributed by atoms with Crippen molar-refractivity contribution >= 4 is 29.0 Å². The maximum atomic E-state index is 11.9. The fourth-order valence-electron chi connectivity index (χ4n) is 3.76. The SMILES string of the molecule is COc1ccc(C2CCN(c3cnnc(NNC(=O)CC4CC4)c3Cl)CC2)cc1. The van der Waals surface area contributed by atoms with E-state index in [1.807, 2.05) is 12.1 Å². The lowest BCUT2D eigenvalue weighted by Gasteiger charge is -2.34. The van der Waals surface area contributed by atoms with Crippen LogP contribution in [0.3, 0.4) is 0 Å². The Hall–Kier alpha value is -2.54. The minimum atomic E-state index is -0.0453. The lowest BCUT2D eigenvalue weighted by molar-refractivity contribution is -0.120. The summed E-state index contributed by atoms with van der Waals surface area (Å²) in [6.07, 6.45) is 6.56. The third-order valence-corrected chi connectivity index (χ3v) is 6.06. The Morgan fingerprint density at radius 2 is 1.93 bits per heavy atom. The molecule has 0 atom stereocenters. The molecule has 1 amide bonds. The molecule has 1 aliphatic heterocycles. The van der Waals surface area contributed by atoms with E-state index >= 15 is 0 Å². The van der Waals surface area contributed by atoms with Crippen LogP contribution in [-0.2, 0) is 4.79 Å². The van der Waals surface area contributed by atoms with Crippen LogP contribution in [-0.4, -0.2) is 36.3 Å². The molecule has 29 heavy (non-hydrogen) atoms. The second kappa shape index (κ2) is 8.86. The Kier molecular flexibility index (Phi) is 6.04. The van der Waals surface area contributed by atoms with E-state index in [9.17, 15) is 4.79 Å². The average molecular weight is 416 g/mol. The number of carbonyl (C=O) groups excluding carboxylic acids is 1. The van der Waals surface area contributed by atoms with Crippen LogP contribution in [0.1, 0.15) is 43.6 Å². The Labute approximate surface area is 175 Å². The van der Waals surface area contributed by atoms with Gasteiger partial charge in [0.15, 0.2) is 5.82 Å². The van der Waals surface area contributed by atoms with Crippen molar-refractivity contribution in [2.75, 3.05) is 30.5 Å². The number of nitrogens with zero attached hydrogens (tertiary/aromatic N) is 3. The summed E-state index contributed by atoms with van der Waals surface area (Å²) in [4.78, 5) is 14.1. The van der Waals surface area contributed by atoms with E-state index in [4.69, 9.17) is 16.3 Å². The van der Waals surface area contributed by atoms with Crippen molar-refractivity contribution in [3.05, 3.63) is 41.0 Å². The van der Waals surface area contributed by atoms with Crippen molar-refractivity contribution in [2.45, 2.75) is 38.0 Å². The highest BCUT2D eigenvalue weighted by molar-refractivity contribution is 6.35. The van der Waals surface area contributed by atoms with Crippen LogP contribution in [0.4, 0.5) is 11.5 Å². The van der Waals surface area contributed by atoms with Gasteiger partial charge in [0, 0.05) is 19.5 Å². The van der Waals surface area contributed by atoms with Gasteiger partial charge in [-0.2, -0.15) is 5.10 Å². The maximum absolute atomic E-state index is 11.9. The van der Waals surface area contributed by atoms with Crippen molar-refractivity contribution in [1.29, 1.82) is 0 Å². The molecule has 2 aromatic rings. The molecule has 154 valence electrons. The standard InChI is InChI=1S/C21H26ClN5O2/c1-29-17-6-4-15(5-7-17)16-8-10-27(11-9-16)18-13-23-25-21(20(18)22)26-24-19(28)12-14-2-3-14/h4-7,13-14,16H,2-3,8-12H2,1H3,(H,24,28)(H,25,26). The summed E-state index contributed by atoms with van der Waals surface area (Å²) in [5.74, 6) is 2.26. The molecule has 0 radical (unpaired) electrons. The molecule has 4 rings (SSSR count). The molecule has 2 aliphatic rings. The van der Waals surface area contributed by atoms with E-state index in [0.717, 1.165) is 50.2 Å². The lowest BCUT2D eigenvalue weighted by Crippen LogP contribution is -2.34. The number of ether oxygens (including phenoxy) is 1. The Morgan fingerprint density at radius 3 is 2.59 bits per heavy atom. The molecule has 1 saturated carbocycles. The Morgan fingerprint density at radius 1 is 1.21 bits per heavy atom. The number of piperidine rings is 1. The molecule has 1 aromatic heterocycles. The molecule has 1 aliphatic carbocycles. The van der Waals surface area contributed by atoms with E-state index in [1.165, 1.54) is 5.56 Å². The Balaban J connectivity index is 1.35. The van der Waals surface area contributed by atoms with Crippen LogP contribution in [0.15, 0.2) is 30.5 Å². The zero-order chi connectivity index (χ0) is 20.2. The van der Waals surface area contributed by atoms with Gasteiger partial charge in [0.05, 0.1) is 19.0 Å². The first-order valence-electron chi connectivity index (χ1n) is 10.1. The number of halogens is 1. The Bertz CT molecular complexity index is 849. The van der Waals surface area contributed by atoms with E-state index < -0.39 is 0 Å². The first kappa shape index (κ1) is 19.8. The molecule has 7 nitrogen and oxygen atoms in total. The highest BCUT2D eigenvalue weighted by Gasteiger charge is 2.25. The summed E-state index contributed by atoms with van der Waals surface area (Å²) >= 11 is 6.56. The number of hydrazine groups is 1. The second-order valence-electron chi connectivity index (χ2n) is 7.75. The first-order chi connectivity index (χ1) is 14.1. The van der Waals surface area contributed by atoms with Gasteiger partial charge in [-0.1, -0.05) is 23.7 Å². The van der Waals surface area contributed by atoms with E-state index in [-0.39, 0.29) is 5.91 Å². The van der Waals surface area contributed by atoms with Gasteiger partial charge in [-0.05, 0) is 55.2 Å². The second-order valence-corrected chi connectivity index (χ2v) is 8.13. The van der Waals surface area contributed by atoms with Crippen LogP contribution < -0.4 is 20.5 Å². The number of amides is 1. The summed E-state index contributed by atoms with van der Waals surface area (Å²) in [7, 11) is 1.68. The van der Waals surface area contributed by atoms with Crippen LogP contribution in [0.2, 0.25) is 5.02 Å². The van der Waals surface area contributed by atoms with Gasteiger partial charge in [0.25, 0.3) is 0 Å². The normalized spacial score (nSPS) is 17.1. The fraction of sp³-hybridized carbons (Fsp3) is 0.476. The summed E-state index contributed by atoms with van der Waals surface area (Å²) < 4.78 is 5.24. The highest BCUT2D eigenvalue weighted by atomic mass is 35.5. The van der Waals surface area contributed by atoms with Gasteiger partial charge in [-0.15, -0.1) is 5.10 Å². The largest absolute Gasteiger partial charge is 0.497 e. The van der Waals surface area contributed by atoms with Crippen LogP contribution in [0, 0.1) is 5.92 Å². The van der Waals surface area contributed by atoms with Gasteiger partial charge in [0.2, 0.25) is 5.91 Å². The van der Waals surface area contributed by atoms with Crippen molar-refractivity contribution in [2.24, 2.45) is 5.92 Å². The molecule has 8 heteroatoms. The summed E-state index contributed by atoms with van der Waals surface area (Å²) in [6.45, 7) is 1.77. The topological polar surface area (TPSA) is 79.4 Å². The zero-order valence-corrected chi connectivity index (χ0v) is 17.3. The predicted octanol–water partition coefficient (Wildman–Crippen LogP) is 3.77. The zero-order valence-electron chi connectivity index (χ0n) is 16.5. The third kappa shape index (κ3) is 4.90. The van der Waals surface area contributed by atoms with Gasteiger partial charge in [-0.25, -0.2) is 0 Å². The van der Waals surface area contributed by atoms with Crippen LogP contribution in [0.5, 0.6) is 5.75 Å². The van der Waals surface area contributed by atoms with Gasteiger partial charge in [-0.3, -0.25) is 15.6 Å². The number of aromatic nitrogens is 2. The third-order valence-electron chi connectivity index (χ3n) is 5.68. The number of nitrogens with one attached hydrogen (secondary N) is 2. The number of rotatable bonds is 7. The quantitative estimate of drug-likeness (QED) is 0.670. The molecular weight excluding hydrogens is 390 g/mol. The number of anilines is 2.